The van der Waals surface area contributed by atoms with Crippen LogP contribution in [0.4, 0.5) is 0 Å². The van der Waals surface area contributed by atoms with Gasteiger partial charge < -0.3 is 33.2 Å². The standard InChI is InChI=1S/C30H38N2O6/c1-20-23-11-12-24(34-3)29(35-4)28(23)38-27(20)30(33)32-14-7-5-6-10-21-16-25-26(37-19-36-25)17-22(21)18-31(2)13-8-9-15-32/h11-12,16-17H,5-10,13-15,18-19H2,1-4H3. The number of fused-ring (bicyclic) bond motifs is 3. The van der Waals surface area contributed by atoms with E-state index in [-0.39, 0.29) is 5.91 Å². The maximum absolute atomic E-state index is 13.7. The van der Waals surface area contributed by atoms with Crippen LogP contribution in [-0.2, 0) is 13.0 Å². The van der Waals surface area contributed by atoms with Crippen molar-refractivity contribution in [2.24, 2.45) is 0 Å². The van der Waals surface area contributed by atoms with Gasteiger partial charge in [0.25, 0.3) is 5.91 Å². The van der Waals surface area contributed by atoms with Gasteiger partial charge in [0.1, 0.15) is 0 Å². The highest BCUT2D eigenvalue weighted by atomic mass is 16.7. The topological polar surface area (TPSA) is 73.6 Å². The molecule has 2 aromatic carbocycles. The van der Waals surface area contributed by atoms with Gasteiger partial charge in [0.2, 0.25) is 12.5 Å². The van der Waals surface area contributed by atoms with E-state index in [9.17, 15) is 4.79 Å². The fourth-order valence-corrected chi connectivity index (χ4v) is 5.51. The van der Waals surface area contributed by atoms with E-state index in [1.807, 2.05) is 24.0 Å². The summed E-state index contributed by atoms with van der Waals surface area (Å²) in [6, 6.07) is 8.08. The van der Waals surface area contributed by atoms with E-state index in [0.29, 0.717) is 42.7 Å². The fraction of sp³-hybridized carbons (Fsp3) is 0.500. The monoisotopic (exact) mass is 522 g/mol. The molecule has 204 valence electrons. The van der Waals surface area contributed by atoms with Crippen molar-refractivity contribution < 1.29 is 28.2 Å². The third kappa shape index (κ3) is 5.27. The van der Waals surface area contributed by atoms with Crippen molar-refractivity contribution in [3.8, 4) is 23.0 Å². The summed E-state index contributed by atoms with van der Waals surface area (Å²) in [6.07, 6.45) is 5.96. The van der Waals surface area contributed by atoms with Crippen molar-refractivity contribution in [1.82, 2.24) is 9.80 Å². The zero-order valence-electron chi connectivity index (χ0n) is 22.9. The summed E-state index contributed by atoms with van der Waals surface area (Å²) in [5, 5.41) is 0.870. The van der Waals surface area contributed by atoms with Crippen molar-refractivity contribution in [2.75, 3.05) is 47.7 Å². The van der Waals surface area contributed by atoms with Crippen molar-refractivity contribution in [1.29, 1.82) is 0 Å². The Kier molecular flexibility index (Phi) is 7.98. The summed E-state index contributed by atoms with van der Waals surface area (Å²) >= 11 is 0. The summed E-state index contributed by atoms with van der Waals surface area (Å²) in [4.78, 5) is 18.1. The smallest absolute Gasteiger partial charge is 0.289 e. The van der Waals surface area contributed by atoms with Gasteiger partial charge in [-0.15, -0.1) is 0 Å². The van der Waals surface area contributed by atoms with Crippen LogP contribution >= 0.6 is 0 Å². The molecule has 0 N–H and O–H groups in total. The molecule has 0 aliphatic carbocycles. The number of carbonyl (C=O) groups is 1. The van der Waals surface area contributed by atoms with Gasteiger partial charge in [0, 0.05) is 30.6 Å². The van der Waals surface area contributed by atoms with Gasteiger partial charge in [-0.3, -0.25) is 4.79 Å². The minimum absolute atomic E-state index is 0.0572. The molecule has 5 rings (SSSR count). The van der Waals surface area contributed by atoms with Gasteiger partial charge >= 0.3 is 0 Å². The lowest BCUT2D eigenvalue weighted by Gasteiger charge is -2.24. The molecular formula is C30H38N2O6. The number of hydrogen-bond acceptors (Lipinski definition) is 7. The largest absolute Gasteiger partial charge is 0.493 e. The van der Waals surface area contributed by atoms with Crippen LogP contribution in [0.3, 0.4) is 0 Å². The Balaban J connectivity index is 1.33. The highest BCUT2D eigenvalue weighted by molar-refractivity contribution is 6.00. The Labute approximate surface area is 224 Å². The number of carbonyl (C=O) groups excluding carboxylic acids is 1. The number of rotatable bonds is 3. The molecule has 3 aromatic rings. The summed E-state index contributed by atoms with van der Waals surface area (Å²) in [5.74, 6) is 3.12. The molecule has 0 bridgehead atoms. The number of nitrogens with zero attached hydrogens (tertiary/aromatic N) is 2. The Bertz CT molecular complexity index is 1300. The van der Waals surface area contributed by atoms with Gasteiger partial charge in [-0.05, 0) is 88.0 Å². The lowest BCUT2D eigenvalue weighted by Crippen LogP contribution is -2.33. The second kappa shape index (κ2) is 11.6. The Hall–Kier alpha value is -3.39. The maximum Gasteiger partial charge on any atom is 0.289 e. The molecule has 3 heterocycles. The Morgan fingerprint density at radius 2 is 1.61 bits per heavy atom. The van der Waals surface area contributed by atoms with Crippen LogP contribution in [0, 0.1) is 6.92 Å². The number of benzene rings is 2. The Morgan fingerprint density at radius 3 is 2.34 bits per heavy atom. The van der Waals surface area contributed by atoms with Crippen LogP contribution in [-0.4, -0.2) is 63.4 Å². The predicted molar refractivity (Wildman–Crippen MR) is 146 cm³/mol. The van der Waals surface area contributed by atoms with Gasteiger partial charge in [0.15, 0.2) is 28.6 Å². The molecule has 0 saturated heterocycles. The zero-order chi connectivity index (χ0) is 26.6. The lowest BCUT2D eigenvalue weighted by atomic mass is 9.99. The van der Waals surface area contributed by atoms with E-state index in [0.717, 1.165) is 74.1 Å². The van der Waals surface area contributed by atoms with Crippen molar-refractivity contribution in [3.05, 3.63) is 46.7 Å². The molecule has 0 saturated carbocycles. The maximum atomic E-state index is 13.7. The van der Waals surface area contributed by atoms with Crippen LogP contribution in [0.15, 0.2) is 28.7 Å². The highest BCUT2D eigenvalue weighted by Gasteiger charge is 2.26. The second-order valence-corrected chi connectivity index (χ2v) is 10.3. The first-order chi connectivity index (χ1) is 18.5. The summed E-state index contributed by atoms with van der Waals surface area (Å²) in [7, 11) is 5.33. The molecule has 38 heavy (non-hydrogen) atoms. The first-order valence-electron chi connectivity index (χ1n) is 13.5. The molecule has 1 amide bonds. The molecule has 0 fully saturated rings. The van der Waals surface area contributed by atoms with E-state index in [1.54, 1.807) is 14.2 Å². The molecule has 0 unspecified atom stereocenters. The third-order valence-corrected chi connectivity index (χ3v) is 7.66. The number of furan rings is 1. The Morgan fingerprint density at radius 1 is 0.895 bits per heavy atom. The van der Waals surface area contributed by atoms with Gasteiger partial charge in [-0.25, -0.2) is 0 Å². The quantitative estimate of drug-likeness (QED) is 0.445. The first kappa shape index (κ1) is 26.2. The van der Waals surface area contributed by atoms with E-state index in [1.165, 1.54) is 11.1 Å². The molecule has 8 nitrogen and oxygen atoms in total. The normalized spacial score (nSPS) is 17.2. The average Bonchev–Trinajstić information content (AvgIpc) is 3.51. The molecular weight excluding hydrogens is 484 g/mol. The van der Waals surface area contributed by atoms with Gasteiger partial charge in [-0.1, -0.05) is 6.42 Å². The summed E-state index contributed by atoms with van der Waals surface area (Å²) in [5.41, 5.74) is 4.03. The first-order valence-corrected chi connectivity index (χ1v) is 13.5. The highest BCUT2D eigenvalue weighted by Crippen LogP contribution is 2.40. The van der Waals surface area contributed by atoms with E-state index in [2.05, 4.69) is 24.1 Å². The summed E-state index contributed by atoms with van der Waals surface area (Å²) in [6.45, 7) is 5.48. The zero-order valence-corrected chi connectivity index (χ0v) is 22.9. The minimum atomic E-state index is -0.0572. The molecule has 0 atom stereocenters. The SMILES string of the molecule is COc1ccc2c(C)c(C(=O)N3CCCCCc4cc5c(cc4CN(C)CCCC3)OCO5)oc2c1OC. The average molecular weight is 523 g/mol. The summed E-state index contributed by atoms with van der Waals surface area (Å²) < 4.78 is 28.4. The van der Waals surface area contributed by atoms with Crippen LogP contribution in [0.25, 0.3) is 11.0 Å². The number of methoxy groups -OCH3 is 2. The number of hydrogen-bond donors (Lipinski definition) is 0. The van der Waals surface area contributed by atoms with E-state index < -0.39 is 0 Å². The van der Waals surface area contributed by atoms with E-state index in [4.69, 9.17) is 23.4 Å². The van der Waals surface area contributed by atoms with Crippen molar-refractivity contribution >= 4 is 16.9 Å². The second-order valence-electron chi connectivity index (χ2n) is 10.3. The van der Waals surface area contributed by atoms with Gasteiger partial charge in [0.05, 0.1) is 14.2 Å². The minimum Gasteiger partial charge on any atom is -0.493 e. The van der Waals surface area contributed by atoms with Crippen LogP contribution in [0.2, 0.25) is 0 Å². The van der Waals surface area contributed by atoms with Crippen molar-refractivity contribution in [3.63, 3.8) is 0 Å². The molecule has 1 aromatic heterocycles. The molecule has 8 heteroatoms. The number of amides is 1. The molecule has 2 aliphatic heterocycles. The third-order valence-electron chi connectivity index (χ3n) is 7.66. The molecule has 0 radical (unpaired) electrons. The lowest BCUT2D eigenvalue weighted by molar-refractivity contribution is 0.0717. The number of aryl methyl sites for hydroxylation is 2. The molecule has 2 aliphatic rings. The number of ether oxygens (including phenoxy) is 4. The predicted octanol–water partition coefficient (Wildman–Crippen LogP) is 5.57. The van der Waals surface area contributed by atoms with Crippen LogP contribution in [0.5, 0.6) is 23.0 Å². The van der Waals surface area contributed by atoms with Crippen molar-refractivity contribution in [2.45, 2.75) is 52.0 Å². The van der Waals surface area contributed by atoms with Gasteiger partial charge in [-0.2, -0.15) is 0 Å². The molecule has 0 spiro atoms. The fourth-order valence-electron chi connectivity index (χ4n) is 5.51. The van der Waals surface area contributed by atoms with E-state index >= 15 is 0 Å². The van der Waals surface area contributed by atoms with Crippen LogP contribution < -0.4 is 18.9 Å². The van der Waals surface area contributed by atoms with Crippen LogP contribution in [0.1, 0.15) is 59.3 Å².